The highest BCUT2D eigenvalue weighted by Gasteiger charge is 2.34. The Kier molecular flexibility index (Phi) is 5.61. The summed E-state index contributed by atoms with van der Waals surface area (Å²) in [6.45, 7) is -0.359. The molecule has 0 aliphatic heterocycles. The summed E-state index contributed by atoms with van der Waals surface area (Å²) < 4.78 is 55.3. The van der Waals surface area contributed by atoms with Crippen LogP contribution in [-0.2, 0) is 26.6 Å². The number of benzene rings is 2. The van der Waals surface area contributed by atoms with E-state index < -0.39 is 25.3 Å². The SMILES string of the molecule is CS(=O)(=O)C(c1nnc(CNS(N)(=O)=O)o1)c1nc2ccc(-c3ccccc3)cc2s1. The Balaban J connectivity index is 1.71. The van der Waals surface area contributed by atoms with Crippen molar-refractivity contribution in [1.29, 1.82) is 0 Å². The maximum Gasteiger partial charge on any atom is 0.274 e. The summed E-state index contributed by atoms with van der Waals surface area (Å²) >= 11 is 1.21. The number of nitrogens with zero attached hydrogens (tertiary/aromatic N) is 3. The quantitative estimate of drug-likeness (QED) is 0.406. The normalized spacial score (nSPS) is 13.5. The van der Waals surface area contributed by atoms with Gasteiger partial charge in [0, 0.05) is 6.26 Å². The minimum atomic E-state index is -3.96. The largest absolute Gasteiger partial charge is 0.422 e. The van der Waals surface area contributed by atoms with E-state index in [-0.39, 0.29) is 23.3 Å². The Morgan fingerprint density at radius 2 is 1.81 bits per heavy atom. The Labute approximate surface area is 182 Å². The molecule has 10 nitrogen and oxygen atoms in total. The molecular weight excluding hydrogens is 462 g/mol. The zero-order chi connectivity index (χ0) is 22.2. The molecule has 0 aliphatic rings. The van der Waals surface area contributed by atoms with Gasteiger partial charge in [0.15, 0.2) is 15.1 Å². The molecule has 0 bridgehead atoms. The summed E-state index contributed by atoms with van der Waals surface area (Å²) in [5, 5.41) is 11.4. The molecule has 4 rings (SSSR count). The lowest BCUT2D eigenvalue weighted by molar-refractivity contribution is 0.444. The van der Waals surface area contributed by atoms with Crippen LogP contribution in [0.15, 0.2) is 52.9 Å². The van der Waals surface area contributed by atoms with Crippen molar-refractivity contribution in [1.82, 2.24) is 19.9 Å². The van der Waals surface area contributed by atoms with E-state index in [1.807, 2.05) is 53.3 Å². The third-order valence-electron chi connectivity index (χ3n) is 4.30. The van der Waals surface area contributed by atoms with E-state index in [2.05, 4.69) is 15.2 Å². The maximum absolute atomic E-state index is 12.5. The first-order chi connectivity index (χ1) is 14.6. The molecule has 2 heterocycles. The van der Waals surface area contributed by atoms with Gasteiger partial charge in [-0.2, -0.15) is 13.1 Å². The van der Waals surface area contributed by atoms with Gasteiger partial charge in [-0.05, 0) is 23.3 Å². The lowest BCUT2D eigenvalue weighted by Crippen LogP contribution is -2.30. The Morgan fingerprint density at radius 1 is 1.06 bits per heavy atom. The molecule has 0 fully saturated rings. The van der Waals surface area contributed by atoms with Crippen LogP contribution in [0.25, 0.3) is 21.3 Å². The lowest BCUT2D eigenvalue weighted by Gasteiger charge is -2.07. The van der Waals surface area contributed by atoms with Crippen LogP contribution in [0.2, 0.25) is 0 Å². The molecule has 0 radical (unpaired) electrons. The van der Waals surface area contributed by atoms with Gasteiger partial charge < -0.3 is 4.42 Å². The zero-order valence-electron chi connectivity index (χ0n) is 16.1. The number of thiazole rings is 1. The number of rotatable bonds is 7. The molecule has 4 aromatic rings. The average Bonchev–Trinajstić information content (AvgIpc) is 3.32. The van der Waals surface area contributed by atoms with Crippen molar-refractivity contribution < 1.29 is 21.3 Å². The third-order valence-corrected chi connectivity index (χ3v) is 7.36. The van der Waals surface area contributed by atoms with Crippen LogP contribution < -0.4 is 9.86 Å². The van der Waals surface area contributed by atoms with E-state index >= 15 is 0 Å². The second-order valence-electron chi connectivity index (χ2n) is 6.71. The molecule has 31 heavy (non-hydrogen) atoms. The summed E-state index contributed by atoms with van der Waals surface area (Å²) in [4.78, 5) is 4.47. The first kappa shape index (κ1) is 21.5. The van der Waals surface area contributed by atoms with Gasteiger partial charge in [-0.25, -0.2) is 18.5 Å². The van der Waals surface area contributed by atoms with Crippen molar-refractivity contribution in [2.24, 2.45) is 5.14 Å². The van der Waals surface area contributed by atoms with Crippen LogP contribution in [0.5, 0.6) is 0 Å². The van der Waals surface area contributed by atoms with Crippen molar-refractivity contribution in [3.05, 3.63) is 65.3 Å². The number of fused-ring (bicyclic) bond motifs is 1. The summed E-state index contributed by atoms with van der Waals surface area (Å²) in [7, 11) is -7.69. The highest BCUT2D eigenvalue weighted by Crippen LogP contribution is 2.36. The van der Waals surface area contributed by atoms with Crippen molar-refractivity contribution in [2.45, 2.75) is 11.8 Å². The van der Waals surface area contributed by atoms with Crippen LogP contribution in [-0.4, -0.2) is 38.3 Å². The van der Waals surface area contributed by atoms with Crippen LogP contribution in [0.4, 0.5) is 0 Å². The highest BCUT2D eigenvalue weighted by atomic mass is 32.2. The van der Waals surface area contributed by atoms with Gasteiger partial charge in [0.2, 0.25) is 11.8 Å². The van der Waals surface area contributed by atoms with Gasteiger partial charge in [0.05, 0.1) is 16.8 Å². The van der Waals surface area contributed by atoms with Gasteiger partial charge in [-0.3, -0.25) is 0 Å². The zero-order valence-corrected chi connectivity index (χ0v) is 18.5. The Hall–Kier alpha value is -2.71. The van der Waals surface area contributed by atoms with E-state index in [4.69, 9.17) is 9.56 Å². The maximum atomic E-state index is 12.5. The van der Waals surface area contributed by atoms with E-state index in [0.717, 1.165) is 22.1 Å². The smallest absolute Gasteiger partial charge is 0.274 e. The van der Waals surface area contributed by atoms with Gasteiger partial charge in [-0.1, -0.05) is 36.4 Å². The molecular formula is C18H17N5O5S3. The van der Waals surface area contributed by atoms with Crippen LogP contribution in [0.3, 0.4) is 0 Å². The van der Waals surface area contributed by atoms with Gasteiger partial charge in [-0.15, -0.1) is 21.5 Å². The minimum Gasteiger partial charge on any atom is -0.422 e. The number of hydrogen-bond acceptors (Lipinski definition) is 9. The molecule has 3 N–H and O–H groups in total. The van der Waals surface area contributed by atoms with Gasteiger partial charge in [0.1, 0.15) is 5.01 Å². The fourth-order valence-corrected chi connectivity index (χ4v) is 5.80. The predicted octanol–water partition coefficient (Wildman–Crippen LogP) is 1.77. The molecule has 2 aromatic heterocycles. The van der Waals surface area contributed by atoms with Crippen molar-refractivity contribution in [3.8, 4) is 11.1 Å². The van der Waals surface area contributed by atoms with Gasteiger partial charge >= 0.3 is 0 Å². The van der Waals surface area contributed by atoms with Crippen molar-refractivity contribution in [2.75, 3.05) is 6.26 Å². The molecule has 0 amide bonds. The van der Waals surface area contributed by atoms with Crippen LogP contribution in [0.1, 0.15) is 22.0 Å². The summed E-state index contributed by atoms with van der Waals surface area (Å²) in [6.07, 6.45) is 1.05. The number of aromatic nitrogens is 3. The van der Waals surface area contributed by atoms with E-state index in [9.17, 15) is 16.8 Å². The number of nitrogens with one attached hydrogen (secondary N) is 1. The van der Waals surface area contributed by atoms with E-state index in [0.29, 0.717) is 5.52 Å². The Bertz CT molecular complexity index is 1450. The predicted molar refractivity (Wildman–Crippen MR) is 116 cm³/mol. The summed E-state index contributed by atoms with van der Waals surface area (Å²) in [5.74, 6) is -0.318. The molecule has 13 heteroatoms. The van der Waals surface area contributed by atoms with Crippen LogP contribution in [0, 0.1) is 0 Å². The second-order valence-corrected chi connectivity index (χ2v) is 11.3. The first-order valence-electron chi connectivity index (χ1n) is 8.84. The van der Waals surface area contributed by atoms with Gasteiger partial charge in [0.25, 0.3) is 10.2 Å². The lowest BCUT2D eigenvalue weighted by atomic mass is 10.1. The topological polar surface area (TPSA) is 158 Å². The number of sulfone groups is 1. The standard InChI is InChI=1S/C18H17N5O5S3/c1-30(24,25)16(17-23-22-15(28-17)10-20-31(19,26)27)18-21-13-8-7-12(9-14(13)29-18)11-5-3-2-4-6-11/h2-9,16,20H,10H2,1H3,(H2,19,26,27). The van der Waals surface area contributed by atoms with Crippen LogP contribution >= 0.6 is 11.3 Å². The first-order valence-corrected chi connectivity index (χ1v) is 13.2. The molecule has 1 unspecified atom stereocenters. The average molecular weight is 480 g/mol. The molecule has 1 atom stereocenters. The fourth-order valence-electron chi connectivity index (χ4n) is 2.94. The Morgan fingerprint density at radius 3 is 2.48 bits per heavy atom. The van der Waals surface area contributed by atoms with E-state index in [1.165, 1.54) is 11.3 Å². The molecule has 2 aromatic carbocycles. The molecule has 0 saturated heterocycles. The second kappa shape index (κ2) is 8.09. The van der Waals surface area contributed by atoms with Crippen molar-refractivity contribution >= 4 is 41.6 Å². The highest BCUT2D eigenvalue weighted by molar-refractivity contribution is 7.91. The number of nitrogens with two attached hydrogens (primary N) is 1. The minimum absolute atomic E-state index is 0.120. The monoisotopic (exact) mass is 479 g/mol. The molecule has 0 saturated carbocycles. The molecule has 162 valence electrons. The van der Waals surface area contributed by atoms with E-state index in [1.54, 1.807) is 0 Å². The van der Waals surface area contributed by atoms with Crippen molar-refractivity contribution in [3.63, 3.8) is 0 Å². The molecule has 0 aliphatic carbocycles. The fraction of sp³-hybridized carbons (Fsp3) is 0.167. The molecule has 0 spiro atoms. The third kappa shape index (κ3) is 4.97. The number of hydrogen-bond donors (Lipinski definition) is 2. The summed E-state index contributed by atoms with van der Waals surface area (Å²) in [6, 6.07) is 15.5. The summed E-state index contributed by atoms with van der Waals surface area (Å²) in [5.41, 5.74) is 2.65.